The van der Waals surface area contributed by atoms with Gasteiger partial charge < -0.3 is 9.15 Å². The third-order valence-electron chi connectivity index (χ3n) is 3.84. The number of carbonyl (C=O) groups is 1. The van der Waals surface area contributed by atoms with Crippen LogP contribution in [-0.4, -0.2) is 16.6 Å². The van der Waals surface area contributed by atoms with Crippen molar-refractivity contribution < 1.29 is 13.9 Å². The molecule has 1 saturated carbocycles. The van der Waals surface area contributed by atoms with Gasteiger partial charge in [0.1, 0.15) is 12.1 Å². The lowest BCUT2D eigenvalue weighted by Gasteiger charge is -2.16. The van der Waals surface area contributed by atoms with Crippen LogP contribution in [-0.2, 0) is 9.53 Å². The Kier molecular flexibility index (Phi) is 3.12. The Morgan fingerprint density at radius 1 is 1.35 bits per heavy atom. The topological polar surface area (TPSA) is 61.4 Å². The maximum atomic E-state index is 12.2. The first kappa shape index (κ1) is 13.0. The minimum atomic E-state index is -0.688. The van der Waals surface area contributed by atoms with Gasteiger partial charge in [-0.2, -0.15) is 0 Å². The van der Waals surface area contributed by atoms with Crippen LogP contribution in [0.1, 0.15) is 32.7 Å². The first-order valence-corrected chi connectivity index (χ1v) is 6.88. The second kappa shape index (κ2) is 4.81. The van der Waals surface area contributed by atoms with Gasteiger partial charge in [0.2, 0.25) is 0 Å². The zero-order valence-corrected chi connectivity index (χ0v) is 11.5. The summed E-state index contributed by atoms with van der Waals surface area (Å²) >= 11 is 0. The van der Waals surface area contributed by atoms with Crippen molar-refractivity contribution in [2.75, 3.05) is 0 Å². The van der Waals surface area contributed by atoms with Gasteiger partial charge in [-0.15, -0.1) is 0 Å². The van der Waals surface area contributed by atoms with Gasteiger partial charge in [0.25, 0.3) is 0 Å². The lowest BCUT2D eigenvalue weighted by molar-refractivity contribution is -0.152. The minimum absolute atomic E-state index is 0.0844. The monoisotopic (exact) mass is 275 g/mol. The van der Waals surface area contributed by atoms with E-state index in [4.69, 9.17) is 9.15 Å². The fourth-order valence-electron chi connectivity index (χ4n) is 2.40. The molecule has 0 amide bonds. The van der Waals surface area contributed by atoms with Crippen LogP contribution < -0.4 is 5.76 Å². The van der Waals surface area contributed by atoms with Crippen LogP contribution in [0.15, 0.2) is 33.5 Å². The SMILES string of the molecule is C[C@@H](OC(=O)[C@H](C)n1c(=O)oc2ccccc21)C1CC1. The summed E-state index contributed by atoms with van der Waals surface area (Å²) in [7, 11) is 0. The summed E-state index contributed by atoms with van der Waals surface area (Å²) in [6.07, 6.45) is 2.13. The lowest BCUT2D eigenvalue weighted by atomic mass is 10.2. The number of ether oxygens (including phenoxy) is 1. The van der Waals surface area contributed by atoms with Gasteiger partial charge >= 0.3 is 11.7 Å². The van der Waals surface area contributed by atoms with E-state index in [0.717, 1.165) is 12.8 Å². The molecular formula is C15H17NO4. The van der Waals surface area contributed by atoms with E-state index in [9.17, 15) is 9.59 Å². The first-order chi connectivity index (χ1) is 9.58. The minimum Gasteiger partial charge on any atom is -0.461 e. The van der Waals surface area contributed by atoms with Crippen LogP contribution in [0, 0.1) is 5.92 Å². The maximum Gasteiger partial charge on any atom is 0.420 e. The smallest absolute Gasteiger partial charge is 0.420 e. The van der Waals surface area contributed by atoms with Crippen molar-refractivity contribution in [3.63, 3.8) is 0 Å². The fraction of sp³-hybridized carbons (Fsp3) is 0.467. The molecule has 0 saturated heterocycles. The third kappa shape index (κ3) is 2.24. The molecule has 0 radical (unpaired) electrons. The number of para-hydroxylation sites is 2. The van der Waals surface area contributed by atoms with Crippen LogP contribution in [0.25, 0.3) is 11.1 Å². The highest BCUT2D eigenvalue weighted by molar-refractivity contribution is 5.79. The van der Waals surface area contributed by atoms with E-state index >= 15 is 0 Å². The number of esters is 1. The molecule has 1 fully saturated rings. The Morgan fingerprint density at radius 2 is 2.05 bits per heavy atom. The number of rotatable bonds is 4. The molecule has 0 bridgehead atoms. The van der Waals surface area contributed by atoms with Crippen molar-refractivity contribution in [1.82, 2.24) is 4.57 Å². The Balaban J connectivity index is 1.87. The average Bonchev–Trinajstić information content (AvgIpc) is 3.20. The second-order valence-corrected chi connectivity index (χ2v) is 5.36. The molecule has 1 aliphatic carbocycles. The van der Waals surface area contributed by atoms with Gasteiger partial charge in [0.15, 0.2) is 5.58 Å². The summed E-state index contributed by atoms with van der Waals surface area (Å²) in [5.41, 5.74) is 1.09. The van der Waals surface area contributed by atoms with Crippen LogP contribution in [0.4, 0.5) is 0 Å². The van der Waals surface area contributed by atoms with Crippen LogP contribution in [0.2, 0.25) is 0 Å². The van der Waals surface area contributed by atoms with Gasteiger partial charge in [-0.3, -0.25) is 4.57 Å². The Bertz CT molecular complexity index is 695. The summed E-state index contributed by atoms with van der Waals surface area (Å²) in [5.74, 6) is -0.447. The third-order valence-corrected chi connectivity index (χ3v) is 3.84. The Hall–Kier alpha value is -2.04. The van der Waals surface area contributed by atoms with E-state index < -0.39 is 17.8 Å². The van der Waals surface area contributed by atoms with E-state index in [0.29, 0.717) is 17.0 Å². The average molecular weight is 275 g/mol. The quantitative estimate of drug-likeness (QED) is 0.804. The number of aromatic nitrogens is 1. The van der Waals surface area contributed by atoms with Crippen LogP contribution in [0.3, 0.4) is 0 Å². The molecule has 20 heavy (non-hydrogen) atoms. The summed E-state index contributed by atoms with van der Waals surface area (Å²) in [4.78, 5) is 24.1. The molecule has 1 heterocycles. The summed E-state index contributed by atoms with van der Waals surface area (Å²) in [5, 5.41) is 0. The number of hydrogen-bond acceptors (Lipinski definition) is 4. The maximum absolute atomic E-state index is 12.2. The molecule has 1 aromatic heterocycles. The molecule has 2 aromatic rings. The van der Waals surface area contributed by atoms with Gasteiger partial charge in [-0.1, -0.05) is 12.1 Å². The number of fused-ring (bicyclic) bond motifs is 1. The molecular weight excluding hydrogens is 258 g/mol. The predicted octanol–water partition coefficient (Wildman–Crippen LogP) is 2.50. The molecule has 3 rings (SSSR count). The number of oxazole rings is 1. The number of nitrogens with zero attached hydrogens (tertiary/aromatic N) is 1. The van der Waals surface area contributed by atoms with E-state index in [1.807, 2.05) is 6.92 Å². The molecule has 0 N–H and O–H groups in total. The molecule has 106 valence electrons. The largest absolute Gasteiger partial charge is 0.461 e. The normalized spacial score (nSPS) is 17.9. The lowest BCUT2D eigenvalue weighted by Crippen LogP contribution is -2.29. The van der Waals surface area contributed by atoms with Gasteiger partial charge in [-0.25, -0.2) is 9.59 Å². The molecule has 2 atom stereocenters. The van der Waals surface area contributed by atoms with Gasteiger partial charge in [-0.05, 0) is 44.7 Å². The van der Waals surface area contributed by atoms with Crippen molar-refractivity contribution >= 4 is 17.1 Å². The molecule has 0 aliphatic heterocycles. The molecule has 0 unspecified atom stereocenters. The summed E-state index contributed by atoms with van der Waals surface area (Å²) in [6, 6.07) is 6.37. The van der Waals surface area contributed by atoms with Crippen LogP contribution >= 0.6 is 0 Å². The van der Waals surface area contributed by atoms with Gasteiger partial charge in [0.05, 0.1) is 5.52 Å². The molecule has 5 heteroatoms. The highest BCUT2D eigenvalue weighted by atomic mass is 16.5. The Morgan fingerprint density at radius 3 is 2.75 bits per heavy atom. The van der Waals surface area contributed by atoms with E-state index in [2.05, 4.69) is 0 Å². The molecule has 0 spiro atoms. The highest BCUT2D eigenvalue weighted by Crippen LogP contribution is 2.34. The van der Waals surface area contributed by atoms with Crippen molar-refractivity contribution in [3.05, 3.63) is 34.8 Å². The fourth-order valence-corrected chi connectivity index (χ4v) is 2.40. The Labute approximate surface area is 116 Å². The van der Waals surface area contributed by atoms with Crippen molar-refractivity contribution in [1.29, 1.82) is 0 Å². The van der Waals surface area contributed by atoms with Crippen molar-refractivity contribution in [3.8, 4) is 0 Å². The zero-order chi connectivity index (χ0) is 14.3. The van der Waals surface area contributed by atoms with E-state index in [-0.39, 0.29) is 6.10 Å². The predicted molar refractivity (Wildman–Crippen MR) is 73.5 cm³/mol. The number of benzene rings is 1. The van der Waals surface area contributed by atoms with Gasteiger partial charge in [0, 0.05) is 0 Å². The second-order valence-electron chi connectivity index (χ2n) is 5.36. The molecule has 5 nitrogen and oxygen atoms in total. The first-order valence-electron chi connectivity index (χ1n) is 6.88. The van der Waals surface area contributed by atoms with E-state index in [1.54, 1.807) is 31.2 Å². The number of hydrogen-bond donors (Lipinski definition) is 0. The van der Waals surface area contributed by atoms with Crippen molar-refractivity contribution in [2.24, 2.45) is 5.92 Å². The van der Waals surface area contributed by atoms with Crippen molar-refractivity contribution in [2.45, 2.75) is 38.8 Å². The number of carbonyl (C=O) groups excluding carboxylic acids is 1. The standard InChI is InChI=1S/C15H17NO4/c1-9(14(17)19-10(2)11-7-8-11)16-12-5-3-4-6-13(12)20-15(16)18/h3-6,9-11H,7-8H2,1-2H3/t9-,10+/m0/s1. The molecule has 1 aromatic carbocycles. The zero-order valence-electron chi connectivity index (χ0n) is 11.5. The van der Waals surface area contributed by atoms with E-state index in [1.165, 1.54) is 4.57 Å². The molecule has 1 aliphatic rings. The van der Waals surface area contributed by atoms with Crippen LogP contribution in [0.5, 0.6) is 0 Å². The summed E-state index contributed by atoms with van der Waals surface area (Å²) < 4.78 is 11.9. The summed E-state index contributed by atoms with van der Waals surface area (Å²) in [6.45, 7) is 3.56. The highest BCUT2D eigenvalue weighted by Gasteiger charge is 2.32.